The number of aryl methyl sites for hydroxylation is 1. The Hall–Kier alpha value is -1.09. The Balaban J connectivity index is 1.61. The predicted octanol–water partition coefficient (Wildman–Crippen LogP) is 2.85. The van der Waals surface area contributed by atoms with Gasteiger partial charge in [0.1, 0.15) is 5.82 Å². The number of nitrogens with zero attached hydrogens (tertiary/aromatic N) is 1. The molecule has 3 nitrogen and oxygen atoms in total. The molecule has 4 saturated carbocycles. The molecule has 1 heterocycles. The van der Waals surface area contributed by atoms with Gasteiger partial charge in [-0.2, -0.15) is 0 Å². The SMILES string of the molecule is Cc1ccc(NC23CC4CC(CC(N)(C4)C2)C3)nc1. The molecule has 19 heavy (non-hydrogen) atoms. The highest BCUT2D eigenvalue weighted by Gasteiger charge is 2.56. The third-order valence-electron chi connectivity index (χ3n) is 5.41. The highest BCUT2D eigenvalue weighted by atomic mass is 15.1. The lowest BCUT2D eigenvalue weighted by atomic mass is 9.50. The molecule has 0 amide bonds. The maximum atomic E-state index is 6.62. The number of pyridine rings is 1. The molecule has 102 valence electrons. The highest BCUT2D eigenvalue weighted by Crippen LogP contribution is 2.57. The van der Waals surface area contributed by atoms with Gasteiger partial charge in [0, 0.05) is 17.3 Å². The maximum Gasteiger partial charge on any atom is 0.126 e. The van der Waals surface area contributed by atoms with E-state index in [4.69, 9.17) is 5.73 Å². The second kappa shape index (κ2) is 3.72. The molecule has 3 N–H and O–H groups in total. The van der Waals surface area contributed by atoms with Gasteiger partial charge >= 0.3 is 0 Å². The van der Waals surface area contributed by atoms with E-state index in [1.807, 2.05) is 6.20 Å². The van der Waals surface area contributed by atoms with Crippen LogP contribution in [-0.4, -0.2) is 16.1 Å². The van der Waals surface area contributed by atoms with Crippen LogP contribution in [0.4, 0.5) is 5.82 Å². The largest absolute Gasteiger partial charge is 0.365 e. The van der Waals surface area contributed by atoms with Gasteiger partial charge in [0.05, 0.1) is 0 Å². The number of aromatic nitrogens is 1. The van der Waals surface area contributed by atoms with Crippen LogP contribution in [0.3, 0.4) is 0 Å². The summed E-state index contributed by atoms with van der Waals surface area (Å²) < 4.78 is 0. The number of hydrogen-bond acceptors (Lipinski definition) is 3. The van der Waals surface area contributed by atoms with E-state index in [1.54, 1.807) is 0 Å². The van der Waals surface area contributed by atoms with E-state index in [9.17, 15) is 0 Å². The summed E-state index contributed by atoms with van der Waals surface area (Å²) in [6, 6.07) is 4.24. The van der Waals surface area contributed by atoms with Gasteiger partial charge in [0.15, 0.2) is 0 Å². The third-order valence-corrected chi connectivity index (χ3v) is 5.41. The van der Waals surface area contributed by atoms with Crippen LogP contribution in [0.1, 0.15) is 44.1 Å². The van der Waals surface area contributed by atoms with Crippen molar-refractivity contribution < 1.29 is 0 Å². The summed E-state index contributed by atoms with van der Waals surface area (Å²) in [4.78, 5) is 4.53. The van der Waals surface area contributed by atoms with Gasteiger partial charge in [0.2, 0.25) is 0 Å². The van der Waals surface area contributed by atoms with E-state index in [2.05, 4.69) is 29.4 Å². The van der Waals surface area contributed by atoms with Crippen molar-refractivity contribution in [3.8, 4) is 0 Å². The average molecular weight is 257 g/mol. The summed E-state index contributed by atoms with van der Waals surface area (Å²) in [6.45, 7) is 2.08. The Morgan fingerprint density at radius 3 is 2.53 bits per heavy atom. The Morgan fingerprint density at radius 2 is 1.95 bits per heavy atom. The van der Waals surface area contributed by atoms with Crippen LogP contribution >= 0.6 is 0 Å². The molecule has 2 atom stereocenters. The first-order valence-corrected chi connectivity index (χ1v) is 7.54. The van der Waals surface area contributed by atoms with E-state index >= 15 is 0 Å². The molecule has 4 fully saturated rings. The van der Waals surface area contributed by atoms with Gasteiger partial charge in [-0.25, -0.2) is 4.98 Å². The number of hydrogen-bond donors (Lipinski definition) is 2. The number of anilines is 1. The molecule has 4 aliphatic rings. The van der Waals surface area contributed by atoms with Gasteiger partial charge in [-0.1, -0.05) is 6.07 Å². The number of nitrogens with two attached hydrogens (primary N) is 1. The molecule has 0 aliphatic heterocycles. The van der Waals surface area contributed by atoms with Crippen LogP contribution in [0.25, 0.3) is 0 Å². The number of rotatable bonds is 2. The fourth-order valence-corrected chi connectivity index (χ4v) is 5.29. The Kier molecular flexibility index (Phi) is 2.29. The second-order valence-electron chi connectivity index (χ2n) is 7.45. The van der Waals surface area contributed by atoms with Crippen molar-refractivity contribution in [1.29, 1.82) is 0 Å². The van der Waals surface area contributed by atoms with Crippen LogP contribution in [0.15, 0.2) is 18.3 Å². The predicted molar refractivity (Wildman–Crippen MR) is 76.9 cm³/mol. The molecular formula is C16H23N3. The lowest BCUT2D eigenvalue weighted by Gasteiger charge is -2.61. The van der Waals surface area contributed by atoms with Crippen molar-refractivity contribution in [3.63, 3.8) is 0 Å². The van der Waals surface area contributed by atoms with Crippen molar-refractivity contribution >= 4 is 5.82 Å². The van der Waals surface area contributed by atoms with Crippen LogP contribution in [-0.2, 0) is 0 Å². The van der Waals surface area contributed by atoms with Crippen molar-refractivity contribution in [1.82, 2.24) is 4.98 Å². The Bertz CT molecular complexity index is 479. The fraction of sp³-hybridized carbons (Fsp3) is 0.688. The van der Waals surface area contributed by atoms with E-state index in [0.717, 1.165) is 24.1 Å². The van der Waals surface area contributed by atoms with Crippen molar-refractivity contribution in [3.05, 3.63) is 23.9 Å². The molecule has 2 unspecified atom stereocenters. The quantitative estimate of drug-likeness (QED) is 0.856. The standard InChI is InChI=1S/C16H23N3/c1-11-2-3-14(18-9-11)19-16-7-12-4-13(8-16)6-15(17,5-12)10-16/h2-3,9,12-13H,4-8,10,17H2,1H3,(H,18,19). The topological polar surface area (TPSA) is 50.9 Å². The normalized spacial score (nSPS) is 43.5. The molecule has 0 aromatic carbocycles. The van der Waals surface area contributed by atoms with E-state index in [-0.39, 0.29) is 11.1 Å². The van der Waals surface area contributed by atoms with Crippen molar-refractivity contribution in [2.24, 2.45) is 17.6 Å². The molecule has 4 aliphatic carbocycles. The zero-order valence-electron chi connectivity index (χ0n) is 11.7. The minimum atomic E-state index is 0.0990. The van der Waals surface area contributed by atoms with E-state index < -0.39 is 0 Å². The Labute approximate surface area is 115 Å². The molecular weight excluding hydrogens is 234 g/mol. The van der Waals surface area contributed by atoms with Crippen LogP contribution < -0.4 is 11.1 Å². The smallest absolute Gasteiger partial charge is 0.126 e. The van der Waals surface area contributed by atoms with Crippen LogP contribution in [0.5, 0.6) is 0 Å². The van der Waals surface area contributed by atoms with Gasteiger partial charge < -0.3 is 11.1 Å². The monoisotopic (exact) mass is 257 g/mol. The lowest BCUT2D eigenvalue weighted by molar-refractivity contribution is -0.00791. The van der Waals surface area contributed by atoms with Gasteiger partial charge in [-0.3, -0.25) is 0 Å². The van der Waals surface area contributed by atoms with Crippen molar-refractivity contribution in [2.75, 3.05) is 5.32 Å². The third kappa shape index (κ3) is 1.95. The van der Waals surface area contributed by atoms with Gasteiger partial charge in [-0.15, -0.1) is 0 Å². The zero-order valence-corrected chi connectivity index (χ0v) is 11.7. The van der Waals surface area contributed by atoms with E-state index in [0.29, 0.717) is 0 Å². The molecule has 1 aromatic heterocycles. The minimum absolute atomic E-state index is 0.0990. The summed E-state index contributed by atoms with van der Waals surface area (Å²) >= 11 is 0. The first-order valence-electron chi connectivity index (χ1n) is 7.54. The second-order valence-corrected chi connectivity index (χ2v) is 7.45. The summed E-state index contributed by atoms with van der Waals surface area (Å²) in [5.41, 5.74) is 8.16. The first-order chi connectivity index (χ1) is 9.04. The molecule has 0 radical (unpaired) electrons. The van der Waals surface area contributed by atoms with E-state index in [1.165, 1.54) is 37.7 Å². The van der Waals surface area contributed by atoms with Crippen LogP contribution in [0, 0.1) is 18.8 Å². The Morgan fingerprint density at radius 1 is 1.21 bits per heavy atom. The van der Waals surface area contributed by atoms with Gasteiger partial charge in [0.25, 0.3) is 0 Å². The average Bonchev–Trinajstić information content (AvgIpc) is 2.28. The molecule has 0 spiro atoms. The molecule has 5 rings (SSSR count). The van der Waals surface area contributed by atoms with Crippen molar-refractivity contribution in [2.45, 2.75) is 56.5 Å². The first kappa shape index (κ1) is 11.7. The van der Waals surface area contributed by atoms with Gasteiger partial charge in [-0.05, 0) is 68.9 Å². The number of nitrogens with one attached hydrogen (secondary N) is 1. The molecule has 0 saturated heterocycles. The molecule has 4 bridgehead atoms. The summed E-state index contributed by atoms with van der Waals surface area (Å²) in [7, 11) is 0. The maximum absolute atomic E-state index is 6.62. The minimum Gasteiger partial charge on any atom is -0.365 e. The summed E-state index contributed by atoms with van der Waals surface area (Å²) in [5, 5.41) is 3.75. The molecule has 1 aromatic rings. The summed E-state index contributed by atoms with van der Waals surface area (Å²) in [6.07, 6.45) is 9.55. The fourth-order valence-electron chi connectivity index (χ4n) is 5.29. The lowest BCUT2D eigenvalue weighted by Crippen LogP contribution is -2.65. The zero-order chi connectivity index (χ0) is 13.1. The highest BCUT2D eigenvalue weighted by molar-refractivity contribution is 5.40. The van der Waals surface area contributed by atoms with Crippen LogP contribution in [0.2, 0.25) is 0 Å². The summed E-state index contributed by atoms with van der Waals surface area (Å²) in [5.74, 6) is 2.70. The molecule has 3 heteroatoms.